The number of hydrogen-bond acceptors (Lipinski definition) is 4. The second kappa shape index (κ2) is 5.40. The van der Waals surface area contributed by atoms with Crippen molar-refractivity contribution in [3.05, 3.63) is 53.3 Å². The Bertz CT molecular complexity index is 683. The third-order valence-corrected chi connectivity index (χ3v) is 2.64. The molecule has 1 aromatic heterocycles. The zero-order valence-corrected chi connectivity index (χ0v) is 10.6. The molecule has 0 saturated heterocycles. The van der Waals surface area contributed by atoms with E-state index in [-0.39, 0.29) is 17.0 Å². The summed E-state index contributed by atoms with van der Waals surface area (Å²) in [6.45, 7) is 1.75. The quantitative estimate of drug-likeness (QED) is 0.742. The van der Waals surface area contributed by atoms with Crippen molar-refractivity contribution in [1.82, 2.24) is 4.98 Å². The first-order chi connectivity index (χ1) is 9.47. The fourth-order valence-electron chi connectivity index (χ4n) is 1.70. The summed E-state index contributed by atoms with van der Waals surface area (Å²) in [7, 11) is 0. The summed E-state index contributed by atoms with van der Waals surface area (Å²) < 4.78 is 0. The molecule has 0 spiro atoms. The number of carboxylic acids is 1. The summed E-state index contributed by atoms with van der Waals surface area (Å²) in [6, 6.07) is 6.85. The molecule has 2 aromatic rings. The van der Waals surface area contributed by atoms with Crippen molar-refractivity contribution in [2.24, 2.45) is 0 Å². The predicted octanol–water partition coefficient (Wildman–Crippen LogP) is 2.05. The molecular formula is C14H12N2O4. The third kappa shape index (κ3) is 2.92. The maximum atomic E-state index is 12.0. The summed E-state index contributed by atoms with van der Waals surface area (Å²) >= 11 is 0. The molecule has 1 aromatic carbocycles. The van der Waals surface area contributed by atoms with Crippen LogP contribution >= 0.6 is 0 Å². The molecule has 1 amide bonds. The van der Waals surface area contributed by atoms with Gasteiger partial charge in [-0.2, -0.15) is 0 Å². The maximum Gasteiger partial charge on any atom is 0.337 e. The lowest BCUT2D eigenvalue weighted by Crippen LogP contribution is -2.15. The molecule has 20 heavy (non-hydrogen) atoms. The van der Waals surface area contributed by atoms with Crippen LogP contribution in [-0.4, -0.2) is 27.1 Å². The number of benzene rings is 1. The van der Waals surface area contributed by atoms with Gasteiger partial charge in [0.2, 0.25) is 0 Å². The van der Waals surface area contributed by atoms with Gasteiger partial charge < -0.3 is 15.5 Å². The average molecular weight is 272 g/mol. The molecule has 0 fully saturated rings. The molecule has 0 bridgehead atoms. The van der Waals surface area contributed by atoms with Crippen molar-refractivity contribution in [3.8, 4) is 5.75 Å². The number of aromatic hydroxyl groups is 1. The van der Waals surface area contributed by atoms with Crippen LogP contribution in [0, 0.1) is 6.92 Å². The molecule has 0 aliphatic rings. The highest BCUT2D eigenvalue weighted by Crippen LogP contribution is 2.22. The highest BCUT2D eigenvalue weighted by molar-refractivity contribution is 6.07. The van der Waals surface area contributed by atoms with Gasteiger partial charge in [-0.25, -0.2) is 4.79 Å². The smallest absolute Gasteiger partial charge is 0.337 e. The number of carbonyl (C=O) groups is 2. The van der Waals surface area contributed by atoms with E-state index >= 15 is 0 Å². The van der Waals surface area contributed by atoms with Gasteiger partial charge >= 0.3 is 5.97 Å². The topological polar surface area (TPSA) is 99.5 Å². The number of aromatic carboxylic acids is 1. The van der Waals surface area contributed by atoms with Gasteiger partial charge in [-0.15, -0.1) is 0 Å². The Labute approximate surface area is 114 Å². The number of phenols is 1. The maximum absolute atomic E-state index is 12.0. The normalized spacial score (nSPS) is 10.1. The zero-order valence-electron chi connectivity index (χ0n) is 10.6. The Kier molecular flexibility index (Phi) is 3.65. The molecule has 2 rings (SSSR count). The number of aromatic nitrogens is 1. The van der Waals surface area contributed by atoms with Crippen molar-refractivity contribution >= 4 is 17.6 Å². The molecule has 6 heteroatoms. The first kappa shape index (κ1) is 13.5. The number of hydrogen-bond donors (Lipinski definition) is 3. The molecule has 0 aliphatic carbocycles. The van der Waals surface area contributed by atoms with Crippen molar-refractivity contribution < 1.29 is 19.8 Å². The number of carboxylic acid groups (broad SMARTS) is 1. The lowest BCUT2D eigenvalue weighted by molar-refractivity contribution is 0.0697. The van der Waals surface area contributed by atoms with Gasteiger partial charge in [-0.05, 0) is 37.3 Å². The van der Waals surface area contributed by atoms with E-state index in [1.807, 2.05) is 0 Å². The molecule has 1 heterocycles. The first-order valence-corrected chi connectivity index (χ1v) is 5.77. The minimum atomic E-state index is -1.23. The second-order valence-corrected chi connectivity index (χ2v) is 4.18. The molecule has 6 nitrogen and oxygen atoms in total. The third-order valence-electron chi connectivity index (χ3n) is 2.64. The molecule has 0 radical (unpaired) electrons. The van der Waals surface area contributed by atoms with Crippen LogP contribution in [0.3, 0.4) is 0 Å². The Hall–Kier alpha value is -2.89. The lowest BCUT2D eigenvalue weighted by Gasteiger charge is -2.09. The predicted molar refractivity (Wildman–Crippen MR) is 72.0 cm³/mol. The van der Waals surface area contributed by atoms with Crippen LogP contribution in [0.25, 0.3) is 0 Å². The summed E-state index contributed by atoms with van der Waals surface area (Å²) in [6.07, 6.45) is 1.50. The Morgan fingerprint density at radius 1 is 1.20 bits per heavy atom. The van der Waals surface area contributed by atoms with E-state index in [1.165, 1.54) is 24.4 Å². The average Bonchev–Trinajstić information content (AvgIpc) is 2.40. The molecule has 0 unspecified atom stereocenters. The Morgan fingerprint density at radius 2 is 1.95 bits per heavy atom. The SMILES string of the molecule is Cc1cc(C(=O)Nc2ccc(O)cc2C(=O)O)ccn1. The fraction of sp³-hybridized carbons (Fsp3) is 0.0714. The number of nitrogens with one attached hydrogen (secondary N) is 1. The van der Waals surface area contributed by atoms with Gasteiger partial charge in [0.1, 0.15) is 5.75 Å². The zero-order chi connectivity index (χ0) is 14.7. The van der Waals surface area contributed by atoms with Crippen LogP contribution < -0.4 is 5.32 Å². The van der Waals surface area contributed by atoms with Crippen LogP contribution in [0.2, 0.25) is 0 Å². The number of pyridine rings is 1. The van der Waals surface area contributed by atoms with Crippen molar-refractivity contribution in [2.45, 2.75) is 6.92 Å². The molecule has 0 aliphatic heterocycles. The van der Waals surface area contributed by atoms with E-state index in [2.05, 4.69) is 10.3 Å². The number of phenolic OH excluding ortho intramolecular Hbond substituents is 1. The number of nitrogens with zero attached hydrogens (tertiary/aromatic N) is 1. The van der Waals surface area contributed by atoms with Gasteiger partial charge in [0.05, 0.1) is 11.3 Å². The fourth-order valence-corrected chi connectivity index (χ4v) is 1.70. The van der Waals surface area contributed by atoms with Crippen LogP contribution in [0.5, 0.6) is 5.75 Å². The standard InChI is InChI=1S/C14H12N2O4/c1-8-6-9(4-5-15-8)13(18)16-12-3-2-10(17)7-11(12)14(19)20/h2-7,17H,1H3,(H,16,18)(H,19,20). The van der Waals surface area contributed by atoms with Crippen LogP contribution in [0.1, 0.15) is 26.4 Å². The van der Waals surface area contributed by atoms with E-state index in [4.69, 9.17) is 5.11 Å². The largest absolute Gasteiger partial charge is 0.508 e. The number of carbonyl (C=O) groups excluding carboxylic acids is 1. The summed E-state index contributed by atoms with van der Waals surface area (Å²) in [5.74, 6) is -1.86. The second-order valence-electron chi connectivity index (χ2n) is 4.18. The number of aryl methyl sites for hydroxylation is 1. The van der Waals surface area contributed by atoms with E-state index < -0.39 is 11.9 Å². The van der Waals surface area contributed by atoms with Crippen molar-refractivity contribution in [2.75, 3.05) is 5.32 Å². The van der Waals surface area contributed by atoms with E-state index in [1.54, 1.807) is 13.0 Å². The highest BCUT2D eigenvalue weighted by Gasteiger charge is 2.14. The monoisotopic (exact) mass is 272 g/mol. The van der Waals surface area contributed by atoms with Crippen molar-refractivity contribution in [1.29, 1.82) is 0 Å². The molecule has 0 atom stereocenters. The number of anilines is 1. The van der Waals surface area contributed by atoms with Gasteiger partial charge in [0.15, 0.2) is 0 Å². The van der Waals surface area contributed by atoms with Crippen LogP contribution in [0.15, 0.2) is 36.5 Å². The van der Waals surface area contributed by atoms with Crippen molar-refractivity contribution in [3.63, 3.8) is 0 Å². The summed E-state index contributed by atoms with van der Waals surface area (Å²) in [5, 5.41) is 20.8. The Balaban J connectivity index is 2.30. The van der Waals surface area contributed by atoms with E-state index in [9.17, 15) is 14.7 Å². The molecule has 102 valence electrons. The van der Waals surface area contributed by atoms with E-state index in [0.29, 0.717) is 11.3 Å². The van der Waals surface area contributed by atoms with E-state index in [0.717, 1.165) is 6.07 Å². The minimum absolute atomic E-state index is 0.120. The van der Waals surface area contributed by atoms with Gasteiger partial charge in [-0.3, -0.25) is 9.78 Å². The lowest BCUT2D eigenvalue weighted by atomic mass is 10.1. The molecular weight excluding hydrogens is 260 g/mol. The summed E-state index contributed by atoms with van der Waals surface area (Å²) in [5.41, 5.74) is 1.00. The summed E-state index contributed by atoms with van der Waals surface area (Å²) in [4.78, 5) is 27.1. The van der Waals surface area contributed by atoms with Gasteiger partial charge in [0.25, 0.3) is 5.91 Å². The Morgan fingerprint density at radius 3 is 2.60 bits per heavy atom. The number of rotatable bonds is 3. The first-order valence-electron chi connectivity index (χ1n) is 5.77. The number of amides is 1. The van der Waals surface area contributed by atoms with Crippen LogP contribution in [-0.2, 0) is 0 Å². The van der Waals surface area contributed by atoms with Gasteiger partial charge in [-0.1, -0.05) is 0 Å². The van der Waals surface area contributed by atoms with Gasteiger partial charge in [0, 0.05) is 17.5 Å². The molecule has 0 saturated carbocycles. The molecule has 3 N–H and O–H groups in total. The highest BCUT2D eigenvalue weighted by atomic mass is 16.4. The minimum Gasteiger partial charge on any atom is -0.508 e. The van der Waals surface area contributed by atoms with Crippen LogP contribution in [0.4, 0.5) is 5.69 Å².